The van der Waals surface area contributed by atoms with Crippen LogP contribution < -0.4 is 10.5 Å². The van der Waals surface area contributed by atoms with E-state index in [1.807, 2.05) is 24.3 Å². The first-order chi connectivity index (χ1) is 11.9. The van der Waals surface area contributed by atoms with Crippen molar-refractivity contribution in [1.82, 2.24) is 4.72 Å². The number of anilines is 1. The number of nitrogens with two attached hydrogens (primary N) is 1. The molecule has 2 aromatic rings. The molecule has 134 valence electrons. The highest BCUT2D eigenvalue weighted by Crippen LogP contribution is 2.36. The van der Waals surface area contributed by atoms with Crippen LogP contribution in [0.5, 0.6) is 0 Å². The zero-order valence-electron chi connectivity index (χ0n) is 14.8. The van der Waals surface area contributed by atoms with Gasteiger partial charge in [0, 0.05) is 17.6 Å². The minimum atomic E-state index is -3.24. The molecule has 0 saturated heterocycles. The molecule has 1 aliphatic carbocycles. The maximum atomic E-state index is 12.2. The SMILES string of the molecule is CC(C)S(=O)(=O)N[C@@H]1CCC[C@H]1c1ccc(-c2ccc(N)cc2)cc1. The maximum absolute atomic E-state index is 12.2. The molecule has 1 saturated carbocycles. The molecule has 0 aromatic heterocycles. The van der Waals surface area contributed by atoms with E-state index in [9.17, 15) is 8.42 Å². The van der Waals surface area contributed by atoms with Crippen molar-refractivity contribution in [1.29, 1.82) is 0 Å². The smallest absolute Gasteiger partial charge is 0.214 e. The largest absolute Gasteiger partial charge is 0.399 e. The fourth-order valence-electron chi connectivity index (χ4n) is 3.45. The highest BCUT2D eigenvalue weighted by Gasteiger charge is 2.32. The molecule has 3 rings (SSSR count). The summed E-state index contributed by atoms with van der Waals surface area (Å²) < 4.78 is 27.3. The van der Waals surface area contributed by atoms with Gasteiger partial charge in [0.05, 0.1) is 5.25 Å². The third-order valence-electron chi connectivity index (χ3n) is 5.04. The maximum Gasteiger partial charge on any atom is 0.214 e. The van der Waals surface area contributed by atoms with Crippen molar-refractivity contribution >= 4 is 15.7 Å². The van der Waals surface area contributed by atoms with Gasteiger partial charge in [-0.3, -0.25) is 0 Å². The van der Waals surface area contributed by atoms with Crippen LogP contribution in [0.15, 0.2) is 48.5 Å². The van der Waals surface area contributed by atoms with Crippen LogP contribution in [0.25, 0.3) is 11.1 Å². The van der Waals surface area contributed by atoms with E-state index in [1.54, 1.807) is 13.8 Å². The van der Waals surface area contributed by atoms with Gasteiger partial charge in [0.25, 0.3) is 0 Å². The van der Waals surface area contributed by atoms with E-state index in [0.717, 1.165) is 36.1 Å². The van der Waals surface area contributed by atoms with Gasteiger partial charge in [0.15, 0.2) is 0 Å². The Kier molecular flexibility index (Phi) is 5.16. The van der Waals surface area contributed by atoms with Gasteiger partial charge in [-0.25, -0.2) is 13.1 Å². The molecule has 25 heavy (non-hydrogen) atoms. The van der Waals surface area contributed by atoms with Crippen LogP contribution in [0.1, 0.15) is 44.6 Å². The van der Waals surface area contributed by atoms with Gasteiger partial charge in [-0.15, -0.1) is 0 Å². The first-order valence-corrected chi connectivity index (χ1v) is 10.4. The molecule has 0 bridgehead atoms. The molecular weight excluding hydrogens is 332 g/mol. The lowest BCUT2D eigenvalue weighted by Crippen LogP contribution is -2.40. The quantitative estimate of drug-likeness (QED) is 0.796. The summed E-state index contributed by atoms with van der Waals surface area (Å²) in [7, 11) is -3.24. The highest BCUT2D eigenvalue weighted by molar-refractivity contribution is 7.90. The fourth-order valence-corrected chi connectivity index (χ4v) is 4.42. The molecule has 1 fully saturated rings. The van der Waals surface area contributed by atoms with Gasteiger partial charge < -0.3 is 5.73 Å². The van der Waals surface area contributed by atoms with Crippen LogP contribution in [0.3, 0.4) is 0 Å². The van der Waals surface area contributed by atoms with Crippen molar-refractivity contribution in [3.8, 4) is 11.1 Å². The standard InChI is InChI=1S/C20H26N2O2S/c1-14(2)25(23,24)22-20-5-3-4-19(20)17-8-6-15(7-9-17)16-10-12-18(21)13-11-16/h6-14,19-20,22H,3-5,21H2,1-2H3/t19-,20+/m0/s1. The first-order valence-electron chi connectivity index (χ1n) is 8.84. The second-order valence-electron chi connectivity index (χ2n) is 7.10. The van der Waals surface area contributed by atoms with Gasteiger partial charge in [-0.2, -0.15) is 0 Å². The van der Waals surface area contributed by atoms with Gasteiger partial charge in [-0.05, 0) is 55.5 Å². The molecule has 0 spiro atoms. The molecule has 0 amide bonds. The number of hydrogen-bond acceptors (Lipinski definition) is 3. The van der Waals surface area contributed by atoms with Crippen LogP contribution in [0.2, 0.25) is 0 Å². The van der Waals surface area contributed by atoms with E-state index in [4.69, 9.17) is 5.73 Å². The minimum absolute atomic E-state index is 0.00484. The monoisotopic (exact) mass is 358 g/mol. The average Bonchev–Trinajstić information content (AvgIpc) is 3.03. The molecule has 4 nitrogen and oxygen atoms in total. The van der Waals surface area contributed by atoms with Crippen LogP contribution in [0.4, 0.5) is 5.69 Å². The Morgan fingerprint density at radius 1 is 0.960 bits per heavy atom. The third-order valence-corrected chi connectivity index (χ3v) is 6.91. The lowest BCUT2D eigenvalue weighted by Gasteiger charge is -2.23. The zero-order chi connectivity index (χ0) is 18.0. The Bertz CT molecular complexity index is 812. The topological polar surface area (TPSA) is 72.2 Å². The predicted molar refractivity (Wildman–Crippen MR) is 104 cm³/mol. The lowest BCUT2D eigenvalue weighted by molar-refractivity contribution is 0.519. The van der Waals surface area contributed by atoms with Gasteiger partial charge in [0.2, 0.25) is 10.0 Å². The first kappa shape index (κ1) is 18.0. The van der Waals surface area contributed by atoms with E-state index in [2.05, 4.69) is 29.0 Å². The Labute approximate surface area is 150 Å². The summed E-state index contributed by atoms with van der Waals surface area (Å²) in [4.78, 5) is 0. The van der Waals surface area contributed by atoms with Gasteiger partial charge in [0.1, 0.15) is 0 Å². The summed E-state index contributed by atoms with van der Waals surface area (Å²) in [6.07, 6.45) is 2.97. The van der Waals surface area contributed by atoms with Crippen LogP contribution in [-0.2, 0) is 10.0 Å². The fraction of sp³-hybridized carbons (Fsp3) is 0.400. The Morgan fingerprint density at radius 3 is 2.08 bits per heavy atom. The van der Waals surface area contributed by atoms with Gasteiger partial charge in [-0.1, -0.05) is 42.8 Å². The van der Waals surface area contributed by atoms with Gasteiger partial charge >= 0.3 is 0 Å². The Hall–Kier alpha value is -1.85. The van der Waals surface area contributed by atoms with Crippen LogP contribution >= 0.6 is 0 Å². The predicted octanol–water partition coefficient (Wildman–Crippen LogP) is 3.90. The molecule has 2 atom stereocenters. The molecule has 2 aromatic carbocycles. The normalized spacial score (nSPS) is 20.9. The average molecular weight is 359 g/mol. The second kappa shape index (κ2) is 7.18. The zero-order valence-corrected chi connectivity index (χ0v) is 15.6. The molecule has 0 heterocycles. The van der Waals surface area contributed by atoms with Crippen LogP contribution in [-0.4, -0.2) is 19.7 Å². The van der Waals surface area contributed by atoms with E-state index in [-0.39, 0.29) is 12.0 Å². The summed E-state index contributed by atoms with van der Waals surface area (Å²) in [5.41, 5.74) is 9.97. The van der Waals surface area contributed by atoms with E-state index in [0.29, 0.717) is 0 Å². The highest BCUT2D eigenvalue weighted by atomic mass is 32.2. The summed E-state index contributed by atoms with van der Waals surface area (Å²) in [5, 5.41) is -0.401. The molecule has 5 heteroatoms. The van der Waals surface area contributed by atoms with Crippen molar-refractivity contribution in [2.45, 2.75) is 50.3 Å². The molecule has 0 unspecified atom stereocenters. The van der Waals surface area contributed by atoms with E-state index in [1.165, 1.54) is 5.56 Å². The molecule has 3 N–H and O–H groups in total. The minimum Gasteiger partial charge on any atom is -0.399 e. The van der Waals surface area contributed by atoms with Crippen LogP contribution in [0, 0.1) is 0 Å². The Morgan fingerprint density at radius 2 is 1.52 bits per heavy atom. The van der Waals surface area contributed by atoms with Crippen molar-refractivity contribution in [2.24, 2.45) is 0 Å². The summed E-state index contributed by atoms with van der Waals surface area (Å²) in [6.45, 7) is 3.43. The van der Waals surface area contributed by atoms with Crippen molar-refractivity contribution in [3.63, 3.8) is 0 Å². The summed E-state index contributed by atoms with van der Waals surface area (Å²) in [5.74, 6) is 0.244. The Balaban J connectivity index is 1.78. The molecule has 1 aliphatic rings. The number of rotatable bonds is 5. The number of nitrogen functional groups attached to an aromatic ring is 1. The number of hydrogen-bond donors (Lipinski definition) is 2. The van der Waals surface area contributed by atoms with Crippen molar-refractivity contribution < 1.29 is 8.42 Å². The van der Waals surface area contributed by atoms with E-state index < -0.39 is 15.3 Å². The number of benzene rings is 2. The second-order valence-corrected chi connectivity index (χ2v) is 9.37. The molecule has 0 radical (unpaired) electrons. The number of nitrogens with one attached hydrogen (secondary N) is 1. The van der Waals surface area contributed by atoms with Crippen molar-refractivity contribution in [2.75, 3.05) is 5.73 Å². The molecule has 0 aliphatic heterocycles. The lowest BCUT2D eigenvalue weighted by atomic mass is 9.93. The third kappa shape index (κ3) is 4.05. The van der Waals surface area contributed by atoms with E-state index >= 15 is 0 Å². The number of sulfonamides is 1. The molecular formula is C20H26N2O2S. The summed E-state index contributed by atoms with van der Waals surface area (Å²) >= 11 is 0. The van der Waals surface area contributed by atoms with Crippen molar-refractivity contribution in [3.05, 3.63) is 54.1 Å². The summed E-state index contributed by atoms with van der Waals surface area (Å²) in [6, 6.07) is 16.3.